The lowest BCUT2D eigenvalue weighted by molar-refractivity contribution is 0.0680. The van der Waals surface area contributed by atoms with Crippen LogP contribution in [-0.4, -0.2) is 27.7 Å². The smallest absolute Gasteiger partial charge is 0.352 e. The quantitative estimate of drug-likeness (QED) is 0.790. The minimum atomic E-state index is -1.18. The highest BCUT2D eigenvalue weighted by Crippen LogP contribution is 2.10. The summed E-state index contributed by atoms with van der Waals surface area (Å²) in [6, 6.07) is 0.964. The lowest BCUT2D eigenvalue weighted by Crippen LogP contribution is -2.29. The second-order valence-corrected chi connectivity index (χ2v) is 3.24. The Balaban J connectivity index is 3.50. The number of carboxylic acids is 1. The molecule has 0 saturated carbocycles. The first-order valence-corrected chi connectivity index (χ1v) is 4.38. The molecule has 0 aromatic carbocycles. The van der Waals surface area contributed by atoms with E-state index in [1.54, 1.807) is 13.8 Å². The first-order valence-electron chi connectivity index (χ1n) is 4.38. The van der Waals surface area contributed by atoms with Crippen LogP contribution in [-0.2, 0) is 0 Å². The summed E-state index contributed by atoms with van der Waals surface area (Å²) in [6.07, 6.45) is 0. The van der Waals surface area contributed by atoms with Crippen LogP contribution in [0.15, 0.2) is 10.9 Å². The van der Waals surface area contributed by atoms with Crippen LogP contribution in [0.4, 0.5) is 0 Å². The van der Waals surface area contributed by atoms with E-state index in [0.717, 1.165) is 4.57 Å². The Labute approximate surface area is 86.1 Å². The van der Waals surface area contributed by atoms with Crippen LogP contribution in [0, 0.1) is 0 Å². The maximum Gasteiger partial charge on any atom is 0.352 e. The molecule has 0 saturated heterocycles. The summed E-state index contributed by atoms with van der Waals surface area (Å²) in [5.41, 5.74) is -0.747. The van der Waals surface area contributed by atoms with Gasteiger partial charge in [-0.3, -0.25) is 4.57 Å². The van der Waals surface area contributed by atoms with Crippen LogP contribution >= 0.6 is 0 Å². The van der Waals surface area contributed by atoms with E-state index in [0.29, 0.717) is 0 Å². The zero-order valence-electron chi connectivity index (χ0n) is 8.72. The minimum Gasteiger partial charge on any atom is -0.481 e. The molecular formula is C9H12N2O4. The molecule has 6 heteroatoms. The van der Waals surface area contributed by atoms with Crippen LogP contribution in [0.1, 0.15) is 30.4 Å². The first-order chi connectivity index (χ1) is 6.97. The molecule has 0 unspecified atom stereocenters. The number of aromatic nitrogens is 2. The van der Waals surface area contributed by atoms with Gasteiger partial charge in [-0.2, -0.15) is 4.98 Å². The molecule has 82 valence electrons. The standard InChI is InChI=1S/C9H12N2O4/c1-5(2)11-6(8(12)13)4-7(15-3)10-9(11)14/h4-5H,1-3H3,(H,12,13). The lowest BCUT2D eigenvalue weighted by Gasteiger charge is -2.13. The highest BCUT2D eigenvalue weighted by molar-refractivity contribution is 5.85. The van der Waals surface area contributed by atoms with Crippen molar-refractivity contribution in [3.05, 3.63) is 22.2 Å². The topological polar surface area (TPSA) is 81.4 Å². The van der Waals surface area contributed by atoms with Gasteiger partial charge in [0.05, 0.1) is 7.11 Å². The fraction of sp³-hybridized carbons (Fsp3) is 0.444. The fourth-order valence-electron chi connectivity index (χ4n) is 1.24. The van der Waals surface area contributed by atoms with E-state index in [2.05, 4.69) is 4.98 Å². The Kier molecular flexibility index (Phi) is 3.08. The Morgan fingerprint density at radius 2 is 2.20 bits per heavy atom. The highest BCUT2D eigenvalue weighted by atomic mass is 16.5. The van der Waals surface area contributed by atoms with Crippen LogP contribution in [0.5, 0.6) is 5.88 Å². The number of methoxy groups -OCH3 is 1. The Morgan fingerprint density at radius 3 is 2.60 bits per heavy atom. The van der Waals surface area contributed by atoms with Gasteiger partial charge in [0, 0.05) is 12.1 Å². The van der Waals surface area contributed by atoms with E-state index in [-0.39, 0.29) is 17.6 Å². The molecule has 0 amide bonds. The molecule has 1 aromatic heterocycles. The summed E-state index contributed by atoms with van der Waals surface area (Å²) in [7, 11) is 1.33. The minimum absolute atomic E-state index is 0.00861. The van der Waals surface area contributed by atoms with E-state index >= 15 is 0 Å². The van der Waals surface area contributed by atoms with Crippen molar-refractivity contribution >= 4 is 5.97 Å². The molecule has 1 aromatic rings. The van der Waals surface area contributed by atoms with Crippen LogP contribution < -0.4 is 10.4 Å². The van der Waals surface area contributed by atoms with Crippen molar-refractivity contribution in [2.45, 2.75) is 19.9 Å². The lowest BCUT2D eigenvalue weighted by atomic mass is 10.3. The molecule has 0 bridgehead atoms. The summed E-state index contributed by atoms with van der Waals surface area (Å²) in [5.74, 6) is -1.17. The molecule has 15 heavy (non-hydrogen) atoms. The van der Waals surface area contributed by atoms with Crippen molar-refractivity contribution in [2.24, 2.45) is 0 Å². The number of ether oxygens (including phenoxy) is 1. The predicted molar refractivity (Wildman–Crippen MR) is 52.4 cm³/mol. The number of carbonyl (C=O) groups is 1. The highest BCUT2D eigenvalue weighted by Gasteiger charge is 2.16. The summed E-state index contributed by atoms with van der Waals surface area (Å²) < 4.78 is 5.83. The Morgan fingerprint density at radius 1 is 1.60 bits per heavy atom. The molecule has 1 rings (SSSR count). The maximum atomic E-state index is 11.5. The van der Waals surface area contributed by atoms with Crippen molar-refractivity contribution < 1.29 is 14.6 Å². The molecule has 0 aliphatic carbocycles. The van der Waals surface area contributed by atoms with E-state index in [9.17, 15) is 9.59 Å². The maximum absolute atomic E-state index is 11.5. The average molecular weight is 212 g/mol. The van der Waals surface area contributed by atoms with E-state index in [4.69, 9.17) is 9.84 Å². The molecule has 0 atom stereocenters. The van der Waals surface area contributed by atoms with E-state index in [1.807, 2.05) is 0 Å². The van der Waals surface area contributed by atoms with E-state index in [1.165, 1.54) is 13.2 Å². The molecule has 1 heterocycles. The van der Waals surface area contributed by atoms with Gasteiger partial charge >= 0.3 is 11.7 Å². The fourth-order valence-corrected chi connectivity index (χ4v) is 1.24. The number of hydrogen-bond donors (Lipinski definition) is 1. The largest absolute Gasteiger partial charge is 0.481 e. The van der Waals surface area contributed by atoms with Crippen molar-refractivity contribution in [1.82, 2.24) is 9.55 Å². The van der Waals surface area contributed by atoms with Gasteiger partial charge in [-0.1, -0.05) is 0 Å². The van der Waals surface area contributed by atoms with Gasteiger partial charge in [-0.15, -0.1) is 0 Å². The molecular weight excluding hydrogens is 200 g/mol. The number of rotatable bonds is 3. The Bertz CT molecular complexity index is 436. The summed E-state index contributed by atoms with van der Waals surface area (Å²) >= 11 is 0. The zero-order chi connectivity index (χ0) is 11.6. The molecule has 0 fully saturated rings. The molecule has 0 spiro atoms. The summed E-state index contributed by atoms with van der Waals surface area (Å²) in [6.45, 7) is 3.42. The summed E-state index contributed by atoms with van der Waals surface area (Å²) in [5, 5.41) is 8.92. The van der Waals surface area contributed by atoms with Crippen molar-refractivity contribution in [3.8, 4) is 5.88 Å². The normalized spacial score (nSPS) is 10.4. The SMILES string of the molecule is COc1cc(C(=O)O)n(C(C)C)c(=O)n1. The van der Waals surface area contributed by atoms with Gasteiger partial charge < -0.3 is 9.84 Å². The molecule has 0 radical (unpaired) electrons. The van der Waals surface area contributed by atoms with Gasteiger partial charge in [0.1, 0.15) is 5.69 Å². The first kappa shape index (κ1) is 11.2. The second-order valence-electron chi connectivity index (χ2n) is 3.24. The van der Waals surface area contributed by atoms with Crippen LogP contribution in [0.2, 0.25) is 0 Å². The average Bonchev–Trinajstić information content (AvgIpc) is 2.15. The molecule has 6 nitrogen and oxygen atoms in total. The van der Waals surface area contributed by atoms with Crippen molar-refractivity contribution in [1.29, 1.82) is 0 Å². The van der Waals surface area contributed by atoms with Gasteiger partial charge in [0.15, 0.2) is 0 Å². The number of carboxylic acid groups (broad SMARTS) is 1. The third kappa shape index (κ3) is 2.15. The monoisotopic (exact) mass is 212 g/mol. The molecule has 1 N–H and O–H groups in total. The van der Waals surface area contributed by atoms with Gasteiger partial charge in [-0.25, -0.2) is 9.59 Å². The van der Waals surface area contributed by atoms with Crippen molar-refractivity contribution in [2.75, 3.05) is 7.11 Å². The predicted octanol–water partition coefficient (Wildman–Crippen LogP) is 0.531. The third-order valence-corrected chi connectivity index (χ3v) is 1.88. The second kappa shape index (κ2) is 4.12. The van der Waals surface area contributed by atoms with Crippen molar-refractivity contribution in [3.63, 3.8) is 0 Å². The number of nitrogens with zero attached hydrogens (tertiary/aromatic N) is 2. The van der Waals surface area contributed by atoms with Crippen LogP contribution in [0.25, 0.3) is 0 Å². The number of hydrogen-bond acceptors (Lipinski definition) is 4. The van der Waals surface area contributed by atoms with Crippen LogP contribution in [0.3, 0.4) is 0 Å². The third-order valence-electron chi connectivity index (χ3n) is 1.88. The Hall–Kier alpha value is -1.85. The zero-order valence-corrected chi connectivity index (χ0v) is 8.72. The molecule has 0 aliphatic heterocycles. The number of aromatic carboxylic acids is 1. The van der Waals surface area contributed by atoms with Gasteiger partial charge in [0.2, 0.25) is 5.88 Å². The van der Waals surface area contributed by atoms with Gasteiger partial charge in [-0.05, 0) is 13.8 Å². The summed E-state index contributed by atoms with van der Waals surface area (Å²) in [4.78, 5) is 26.0. The van der Waals surface area contributed by atoms with Gasteiger partial charge in [0.25, 0.3) is 0 Å². The van der Waals surface area contributed by atoms with E-state index < -0.39 is 11.7 Å². The molecule has 0 aliphatic rings.